The fraction of sp³-hybridized carbons (Fsp3) is 0.556. The highest BCUT2D eigenvalue weighted by Crippen LogP contribution is 2.29. The van der Waals surface area contributed by atoms with Gasteiger partial charge in [0.05, 0.1) is 10.8 Å². The molecular formula is C18H28N2O5S. The van der Waals surface area contributed by atoms with Gasteiger partial charge in [0.15, 0.2) is 0 Å². The fourth-order valence-electron chi connectivity index (χ4n) is 2.68. The molecule has 1 atom stereocenters. The molecule has 146 valence electrons. The number of rotatable bonds is 8. The topological polar surface area (TPSA) is 113 Å². The van der Waals surface area contributed by atoms with E-state index in [0.29, 0.717) is 11.1 Å². The van der Waals surface area contributed by atoms with Crippen LogP contribution in [0.25, 0.3) is 0 Å². The van der Waals surface area contributed by atoms with Crippen molar-refractivity contribution in [1.29, 1.82) is 0 Å². The highest BCUT2D eigenvalue weighted by molar-refractivity contribution is 7.89. The first-order chi connectivity index (χ1) is 11.9. The van der Waals surface area contributed by atoms with Gasteiger partial charge in [-0.15, -0.1) is 0 Å². The maximum Gasteiger partial charge on any atom is 0.308 e. The summed E-state index contributed by atoms with van der Waals surface area (Å²) < 4.78 is 27.9. The zero-order valence-electron chi connectivity index (χ0n) is 16.2. The largest absolute Gasteiger partial charge is 0.481 e. The maximum atomic E-state index is 12.7. The lowest BCUT2D eigenvalue weighted by Gasteiger charge is -2.19. The number of aliphatic carboxylic acids is 1. The summed E-state index contributed by atoms with van der Waals surface area (Å²) in [6.07, 6.45) is -0.0620. The molecule has 0 spiro atoms. The Labute approximate surface area is 155 Å². The fourth-order valence-corrected chi connectivity index (χ4v) is 4.31. The number of sulfonamides is 1. The monoisotopic (exact) mass is 384 g/mol. The lowest BCUT2D eigenvalue weighted by Crippen LogP contribution is -2.34. The number of hydrogen-bond acceptors (Lipinski definition) is 4. The Bertz CT molecular complexity index is 786. The van der Waals surface area contributed by atoms with Crippen molar-refractivity contribution in [2.75, 3.05) is 13.1 Å². The summed E-state index contributed by atoms with van der Waals surface area (Å²) in [5, 5.41) is 11.3. The zero-order valence-corrected chi connectivity index (χ0v) is 17.0. The second kappa shape index (κ2) is 8.64. The van der Waals surface area contributed by atoms with Crippen molar-refractivity contribution in [3.63, 3.8) is 0 Å². The van der Waals surface area contributed by atoms with E-state index in [1.807, 2.05) is 20.8 Å². The number of benzene rings is 1. The van der Waals surface area contributed by atoms with Crippen LogP contribution in [0.15, 0.2) is 4.90 Å². The van der Waals surface area contributed by atoms with Gasteiger partial charge in [0.2, 0.25) is 15.9 Å². The van der Waals surface area contributed by atoms with Crippen LogP contribution in [0.2, 0.25) is 0 Å². The summed E-state index contributed by atoms with van der Waals surface area (Å²) in [6, 6.07) is 0. The number of hydrogen-bond donors (Lipinski definition) is 3. The van der Waals surface area contributed by atoms with E-state index in [9.17, 15) is 18.0 Å². The van der Waals surface area contributed by atoms with E-state index in [2.05, 4.69) is 10.0 Å². The Morgan fingerprint density at radius 1 is 0.962 bits per heavy atom. The normalized spacial score (nSPS) is 12.7. The number of carboxylic acids is 1. The molecule has 8 heteroatoms. The molecule has 1 unspecified atom stereocenters. The van der Waals surface area contributed by atoms with Crippen LogP contribution in [0, 0.1) is 40.5 Å². The van der Waals surface area contributed by atoms with Gasteiger partial charge in [0.25, 0.3) is 0 Å². The summed E-state index contributed by atoms with van der Waals surface area (Å²) in [5.74, 6) is -2.09. The van der Waals surface area contributed by atoms with E-state index >= 15 is 0 Å². The smallest absolute Gasteiger partial charge is 0.308 e. The Hall–Kier alpha value is -1.93. The highest BCUT2D eigenvalue weighted by atomic mass is 32.2. The molecule has 0 bridgehead atoms. The van der Waals surface area contributed by atoms with E-state index in [1.54, 1.807) is 13.8 Å². The molecule has 3 N–H and O–H groups in total. The van der Waals surface area contributed by atoms with Crippen molar-refractivity contribution in [1.82, 2.24) is 10.0 Å². The lowest BCUT2D eigenvalue weighted by molar-refractivity contribution is -0.141. The summed E-state index contributed by atoms with van der Waals surface area (Å²) >= 11 is 0. The van der Waals surface area contributed by atoms with Crippen LogP contribution in [-0.2, 0) is 19.6 Å². The second-order valence-electron chi connectivity index (χ2n) is 6.65. The van der Waals surface area contributed by atoms with Gasteiger partial charge in [-0.3, -0.25) is 9.59 Å². The number of carboxylic acid groups (broad SMARTS) is 1. The van der Waals surface area contributed by atoms with Crippen molar-refractivity contribution >= 4 is 21.9 Å². The number of nitrogens with one attached hydrogen (secondary N) is 2. The molecule has 0 fully saturated rings. The van der Waals surface area contributed by atoms with Crippen molar-refractivity contribution in [3.8, 4) is 0 Å². The molecule has 1 aromatic rings. The molecule has 7 nitrogen and oxygen atoms in total. The molecule has 1 amide bonds. The first-order valence-corrected chi connectivity index (χ1v) is 9.94. The standard InChI is InChI=1S/C18H28N2O5S/c1-10(18(22)23)9-19-16(21)7-8-20-26(24,25)17-14(5)12(3)11(2)13(4)15(17)6/h10,20H,7-9H2,1-6H3,(H,19,21)(H,22,23). The minimum atomic E-state index is -3.75. The van der Waals surface area contributed by atoms with Gasteiger partial charge in [-0.1, -0.05) is 6.92 Å². The number of carbonyl (C=O) groups excluding carboxylic acids is 1. The lowest BCUT2D eigenvalue weighted by atomic mass is 9.95. The van der Waals surface area contributed by atoms with Gasteiger partial charge in [-0.2, -0.15) is 0 Å². The Balaban J connectivity index is 2.80. The van der Waals surface area contributed by atoms with E-state index < -0.39 is 27.8 Å². The minimum absolute atomic E-state index is 0.00941. The molecule has 0 aromatic heterocycles. The predicted octanol–water partition coefficient (Wildman–Crippen LogP) is 1.73. The highest BCUT2D eigenvalue weighted by Gasteiger charge is 2.23. The van der Waals surface area contributed by atoms with E-state index in [4.69, 9.17) is 5.11 Å². The van der Waals surface area contributed by atoms with Gasteiger partial charge < -0.3 is 10.4 Å². The summed E-state index contributed by atoms with van der Waals surface area (Å²) in [5.41, 5.74) is 4.37. The first-order valence-electron chi connectivity index (χ1n) is 8.46. The summed E-state index contributed by atoms with van der Waals surface area (Å²) in [4.78, 5) is 22.7. The van der Waals surface area contributed by atoms with Crippen molar-refractivity contribution in [3.05, 3.63) is 27.8 Å². The van der Waals surface area contributed by atoms with Crippen molar-refractivity contribution in [2.45, 2.75) is 52.9 Å². The van der Waals surface area contributed by atoms with Gasteiger partial charge >= 0.3 is 5.97 Å². The van der Waals surface area contributed by atoms with Crippen LogP contribution in [0.5, 0.6) is 0 Å². The number of carbonyl (C=O) groups is 2. The molecule has 26 heavy (non-hydrogen) atoms. The second-order valence-corrected chi connectivity index (χ2v) is 8.35. The quantitative estimate of drug-likeness (QED) is 0.632. The first kappa shape index (κ1) is 22.1. The Morgan fingerprint density at radius 3 is 1.88 bits per heavy atom. The van der Waals surface area contributed by atoms with E-state index in [-0.39, 0.29) is 24.4 Å². The third-order valence-corrected chi connectivity index (χ3v) is 6.61. The SMILES string of the molecule is Cc1c(C)c(C)c(S(=O)(=O)NCCC(=O)NCC(C)C(=O)O)c(C)c1C. The molecule has 0 aliphatic rings. The van der Waals surface area contributed by atoms with Crippen molar-refractivity contribution < 1.29 is 23.1 Å². The number of amides is 1. The van der Waals surface area contributed by atoms with Gasteiger partial charge in [0.1, 0.15) is 0 Å². The molecule has 0 radical (unpaired) electrons. The maximum absolute atomic E-state index is 12.7. The molecular weight excluding hydrogens is 356 g/mol. The Morgan fingerprint density at radius 2 is 1.42 bits per heavy atom. The minimum Gasteiger partial charge on any atom is -0.481 e. The summed E-state index contributed by atoms with van der Waals surface area (Å²) in [7, 11) is -3.75. The van der Waals surface area contributed by atoms with Crippen LogP contribution in [0.3, 0.4) is 0 Å². The molecule has 1 rings (SSSR count). The third-order valence-electron chi connectivity index (χ3n) is 4.87. The molecule has 0 heterocycles. The Kier molecular flexibility index (Phi) is 7.35. The molecule has 0 aliphatic heterocycles. The average Bonchev–Trinajstić information content (AvgIpc) is 2.55. The molecule has 0 saturated heterocycles. The van der Waals surface area contributed by atoms with Crippen LogP contribution in [-0.4, -0.2) is 38.5 Å². The zero-order chi connectivity index (χ0) is 20.2. The van der Waals surface area contributed by atoms with Crippen LogP contribution in [0.4, 0.5) is 0 Å². The van der Waals surface area contributed by atoms with E-state index in [0.717, 1.165) is 16.7 Å². The van der Waals surface area contributed by atoms with Gasteiger partial charge in [0, 0.05) is 19.5 Å². The third kappa shape index (κ3) is 5.04. The van der Waals surface area contributed by atoms with Crippen LogP contribution < -0.4 is 10.0 Å². The van der Waals surface area contributed by atoms with Gasteiger partial charge in [-0.05, 0) is 62.4 Å². The average molecular weight is 384 g/mol. The van der Waals surface area contributed by atoms with Crippen molar-refractivity contribution in [2.24, 2.45) is 5.92 Å². The van der Waals surface area contributed by atoms with Crippen LogP contribution in [0.1, 0.15) is 41.2 Å². The van der Waals surface area contributed by atoms with Gasteiger partial charge in [-0.25, -0.2) is 13.1 Å². The predicted molar refractivity (Wildman–Crippen MR) is 99.7 cm³/mol. The van der Waals surface area contributed by atoms with E-state index in [1.165, 1.54) is 6.92 Å². The molecule has 0 aliphatic carbocycles. The summed E-state index contributed by atoms with van der Waals surface area (Å²) in [6.45, 7) is 10.8. The van der Waals surface area contributed by atoms with Crippen LogP contribution >= 0.6 is 0 Å². The molecule has 0 saturated carbocycles. The molecule has 1 aromatic carbocycles.